The molecule has 0 aliphatic carbocycles. The summed E-state index contributed by atoms with van der Waals surface area (Å²) in [5.74, 6) is 0. The summed E-state index contributed by atoms with van der Waals surface area (Å²) in [6.45, 7) is 9.01. The average molecular weight is 282 g/mol. The summed E-state index contributed by atoms with van der Waals surface area (Å²) >= 11 is 0. The predicted octanol–water partition coefficient (Wildman–Crippen LogP) is 1.67. The lowest BCUT2D eigenvalue weighted by Crippen LogP contribution is -2.56. The molecule has 1 saturated heterocycles. The van der Waals surface area contributed by atoms with Crippen molar-refractivity contribution >= 4 is 10.0 Å². The van der Waals surface area contributed by atoms with E-state index < -0.39 is 10.0 Å². The maximum absolute atomic E-state index is 12.8. The van der Waals surface area contributed by atoms with E-state index in [4.69, 9.17) is 0 Å². The maximum atomic E-state index is 12.8. The second-order valence-electron chi connectivity index (χ2n) is 5.50. The van der Waals surface area contributed by atoms with Gasteiger partial charge in [0, 0.05) is 25.2 Å². The quantitative estimate of drug-likeness (QED) is 0.898. The Morgan fingerprint density at radius 1 is 1.26 bits per heavy atom. The molecule has 0 amide bonds. The van der Waals surface area contributed by atoms with Gasteiger partial charge in [0.2, 0.25) is 10.0 Å². The molecule has 0 saturated carbocycles. The molecule has 4 nitrogen and oxygen atoms in total. The first-order valence-corrected chi connectivity index (χ1v) is 8.09. The summed E-state index contributed by atoms with van der Waals surface area (Å²) in [6, 6.07) is 5.68. The average Bonchev–Trinajstić information content (AvgIpc) is 2.31. The predicted molar refractivity (Wildman–Crippen MR) is 76.7 cm³/mol. The molecule has 1 N–H and O–H groups in total. The van der Waals surface area contributed by atoms with Crippen LogP contribution >= 0.6 is 0 Å². The Labute approximate surface area is 115 Å². The van der Waals surface area contributed by atoms with E-state index in [0.717, 1.165) is 11.1 Å². The molecule has 2 atom stereocenters. The van der Waals surface area contributed by atoms with Gasteiger partial charge in [-0.1, -0.05) is 17.7 Å². The molecule has 0 radical (unpaired) electrons. The summed E-state index contributed by atoms with van der Waals surface area (Å²) in [4.78, 5) is 0.430. The zero-order valence-electron chi connectivity index (χ0n) is 12.0. The molecule has 19 heavy (non-hydrogen) atoms. The van der Waals surface area contributed by atoms with Crippen LogP contribution in [0.1, 0.15) is 25.0 Å². The van der Waals surface area contributed by atoms with E-state index in [0.29, 0.717) is 18.0 Å². The lowest BCUT2D eigenvalue weighted by molar-refractivity contribution is 0.244. The van der Waals surface area contributed by atoms with Gasteiger partial charge < -0.3 is 5.32 Å². The Kier molecular flexibility index (Phi) is 3.99. The summed E-state index contributed by atoms with van der Waals surface area (Å²) in [5, 5.41) is 3.30. The Bertz CT molecular complexity index is 569. The van der Waals surface area contributed by atoms with E-state index in [2.05, 4.69) is 5.32 Å². The fourth-order valence-corrected chi connectivity index (χ4v) is 4.46. The van der Waals surface area contributed by atoms with Crippen molar-refractivity contribution in [2.45, 2.75) is 44.7 Å². The maximum Gasteiger partial charge on any atom is 0.243 e. The van der Waals surface area contributed by atoms with Crippen molar-refractivity contribution in [3.8, 4) is 0 Å². The van der Waals surface area contributed by atoms with E-state index in [1.165, 1.54) is 0 Å². The third kappa shape index (κ3) is 2.83. The van der Waals surface area contributed by atoms with Crippen LogP contribution in [0.5, 0.6) is 0 Å². The Balaban J connectivity index is 2.41. The molecule has 1 aliphatic heterocycles. The van der Waals surface area contributed by atoms with E-state index in [9.17, 15) is 8.42 Å². The number of hydrogen-bond acceptors (Lipinski definition) is 3. The number of nitrogens with zero attached hydrogens (tertiary/aromatic N) is 1. The summed E-state index contributed by atoms with van der Waals surface area (Å²) in [6.07, 6.45) is 0. The van der Waals surface area contributed by atoms with Gasteiger partial charge in [0.15, 0.2) is 0 Å². The molecule has 1 heterocycles. The minimum atomic E-state index is -3.40. The molecule has 2 unspecified atom stereocenters. The molecule has 0 bridgehead atoms. The zero-order chi connectivity index (χ0) is 14.2. The van der Waals surface area contributed by atoms with Gasteiger partial charge in [-0.25, -0.2) is 8.42 Å². The van der Waals surface area contributed by atoms with E-state index in [1.807, 2.05) is 39.8 Å². The second-order valence-corrected chi connectivity index (χ2v) is 7.36. The highest BCUT2D eigenvalue weighted by atomic mass is 32.2. The van der Waals surface area contributed by atoms with Crippen LogP contribution < -0.4 is 5.32 Å². The second kappa shape index (κ2) is 5.23. The smallest absolute Gasteiger partial charge is 0.243 e. The summed E-state index contributed by atoms with van der Waals surface area (Å²) < 4.78 is 27.2. The van der Waals surface area contributed by atoms with Crippen LogP contribution in [0.2, 0.25) is 0 Å². The van der Waals surface area contributed by atoms with Gasteiger partial charge in [0.1, 0.15) is 0 Å². The van der Waals surface area contributed by atoms with Crippen LogP contribution in [0, 0.1) is 13.8 Å². The van der Waals surface area contributed by atoms with Crippen LogP contribution in [0.4, 0.5) is 0 Å². The van der Waals surface area contributed by atoms with Crippen molar-refractivity contribution in [3.63, 3.8) is 0 Å². The van der Waals surface area contributed by atoms with Crippen LogP contribution in [0.3, 0.4) is 0 Å². The largest absolute Gasteiger partial charge is 0.311 e. The lowest BCUT2D eigenvalue weighted by Gasteiger charge is -2.36. The van der Waals surface area contributed by atoms with E-state index >= 15 is 0 Å². The molecular formula is C14H22N2O2S. The molecular weight excluding hydrogens is 260 g/mol. The van der Waals surface area contributed by atoms with Crippen molar-refractivity contribution in [2.24, 2.45) is 0 Å². The van der Waals surface area contributed by atoms with Crippen LogP contribution in [-0.4, -0.2) is 37.9 Å². The molecule has 1 aromatic carbocycles. The van der Waals surface area contributed by atoms with Gasteiger partial charge in [0.05, 0.1) is 4.90 Å². The van der Waals surface area contributed by atoms with Crippen molar-refractivity contribution in [1.29, 1.82) is 0 Å². The first-order chi connectivity index (χ1) is 8.82. The normalized spacial score (nSPS) is 25.5. The molecule has 5 heteroatoms. The summed E-state index contributed by atoms with van der Waals surface area (Å²) in [7, 11) is -3.40. The molecule has 1 aromatic rings. The van der Waals surface area contributed by atoms with Gasteiger partial charge in [0.25, 0.3) is 0 Å². The molecule has 0 aromatic heterocycles. The van der Waals surface area contributed by atoms with Crippen molar-refractivity contribution in [2.75, 3.05) is 13.1 Å². The molecule has 2 rings (SSSR count). The fourth-order valence-electron chi connectivity index (χ4n) is 2.54. The number of aryl methyl sites for hydroxylation is 2. The highest BCUT2D eigenvalue weighted by Crippen LogP contribution is 2.24. The van der Waals surface area contributed by atoms with Crippen LogP contribution in [0.15, 0.2) is 23.1 Å². The monoisotopic (exact) mass is 282 g/mol. The van der Waals surface area contributed by atoms with Crippen molar-refractivity contribution in [3.05, 3.63) is 29.3 Å². The van der Waals surface area contributed by atoms with Crippen LogP contribution in [-0.2, 0) is 10.0 Å². The molecule has 1 fully saturated rings. The number of sulfonamides is 1. The first-order valence-electron chi connectivity index (χ1n) is 6.65. The lowest BCUT2D eigenvalue weighted by atomic mass is 10.2. The minimum Gasteiger partial charge on any atom is -0.311 e. The number of nitrogens with one attached hydrogen (secondary N) is 1. The molecule has 0 spiro atoms. The molecule has 106 valence electrons. The SMILES string of the molecule is Cc1ccc(S(=O)(=O)N2CC(C)NCC2C)c(C)c1. The number of benzene rings is 1. The fraction of sp³-hybridized carbons (Fsp3) is 0.571. The van der Waals surface area contributed by atoms with Gasteiger partial charge >= 0.3 is 0 Å². The number of rotatable bonds is 2. The van der Waals surface area contributed by atoms with Gasteiger partial charge in [-0.15, -0.1) is 0 Å². The van der Waals surface area contributed by atoms with Gasteiger partial charge in [-0.2, -0.15) is 4.31 Å². The minimum absolute atomic E-state index is 0.0121. The van der Waals surface area contributed by atoms with Crippen molar-refractivity contribution in [1.82, 2.24) is 9.62 Å². The van der Waals surface area contributed by atoms with Gasteiger partial charge in [-0.3, -0.25) is 0 Å². The zero-order valence-corrected chi connectivity index (χ0v) is 12.8. The number of piperazine rings is 1. The third-order valence-electron chi connectivity index (χ3n) is 3.62. The topological polar surface area (TPSA) is 49.4 Å². The van der Waals surface area contributed by atoms with Crippen molar-refractivity contribution < 1.29 is 8.42 Å². The highest BCUT2D eigenvalue weighted by molar-refractivity contribution is 7.89. The summed E-state index contributed by atoms with van der Waals surface area (Å²) in [5.41, 5.74) is 1.90. The third-order valence-corrected chi connectivity index (χ3v) is 5.76. The first kappa shape index (κ1) is 14.5. The van der Waals surface area contributed by atoms with Gasteiger partial charge in [-0.05, 0) is 39.3 Å². The Morgan fingerprint density at radius 3 is 2.58 bits per heavy atom. The standard InChI is InChI=1S/C14H22N2O2S/c1-10-5-6-14(11(2)7-10)19(17,18)16-9-12(3)15-8-13(16)4/h5-7,12-13,15H,8-9H2,1-4H3. The van der Waals surface area contributed by atoms with Crippen LogP contribution in [0.25, 0.3) is 0 Å². The van der Waals surface area contributed by atoms with E-state index in [-0.39, 0.29) is 12.1 Å². The Morgan fingerprint density at radius 2 is 1.95 bits per heavy atom. The molecule has 1 aliphatic rings. The highest BCUT2D eigenvalue weighted by Gasteiger charge is 2.33. The number of hydrogen-bond donors (Lipinski definition) is 1. The Hall–Kier alpha value is -0.910. The van der Waals surface area contributed by atoms with E-state index in [1.54, 1.807) is 10.4 Å².